The maximum absolute atomic E-state index is 9.11. The van der Waals surface area contributed by atoms with E-state index in [0.29, 0.717) is 18.5 Å². The Bertz CT molecular complexity index is 1080. The van der Waals surface area contributed by atoms with Crippen LogP contribution in [0.5, 0.6) is 5.75 Å². The molecule has 0 atom stereocenters. The van der Waals surface area contributed by atoms with Crippen molar-refractivity contribution >= 4 is 19.3 Å². The second-order valence-corrected chi connectivity index (χ2v) is 6.87. The lowest BCUT2D eigenvalue weighted by atomic mass is 9.95. The van der Waals surface area contributed by atoms with Crippen LogP contribution in [0.1, 0.15) is 0 Å². The molecule has 4 aromatic rings. The largest absolute Gasteiger partial charge is 0.569 e. The average Bonchev–Trinajstić information content (AvgIpc) is 2.74. The SMILES string of the molecule is O[B]Oc1cc(-c2ccccc2)cc(-c2cc(Cl)cc(-c3ccccc3)c2)c1. The molecule has 0 fully saturated rings. The summed E-state index contributed by atoms with van der Waals surface area (Å²) in [6.45, 7) is 0. The van der Waals surface area contributed by atoms with Gasteiger partial charge < -0.3 is 9.68 Å². The van der Waals surface area contributed by atoms with Crippen molar-refractivity contribution in [1.82, 2.24) is 0 Å². The number of rotatable bonds is 5. The lowest BCUT2D eigenvalue weighted by Gasteiger charge is -2.12. The lowest BCUT2D eigenvalue weighted by molar-refractivity contribution is 0.454. The summed E-state index contributed by atoms with van der Waals surface area (Å²) in [6, 6.07) is 32.1. The molecular formula is C24H17BClO2. The lowest BCUT2D eigenvalue weighted by Crippen LogP contribution is -2.00. The van der Waals surface area contributed by atoms with Gasteiger partial charge >= 0.3 is 7.69 Å². The van der Waals surface area contributed by atoms with Crippen LogP contribution in [0.2, 0.25) is 5.02 Å². The quantitative estimate of drug-likeness (QED) is 0.413. The Kier molecular flexibility index (Phi) is 5.47. The molecule has 4 heteroatoms. The van der Waals surface area contributed by atoms with Crippen molar-refractivity contribution in [3.05, 3.63) is 102 Å². The van der Waals surface area contributed by atoms with E-state index in [-0.39, 0.29) is 0 Å². The van der Waals surface area contributed by atoms with Gasteiger partial charge in [0.25, 0.3) is 0 Å². The van der Waals surface area contributed by atoms with Crippen LogP contribution in [-0.2, 0) is 0 Å². The highest BCUT2D eigenvalue weighted by atomic mass is 35.5. The zero-order valence-electron chi connectivity index (χ0n) is 15.0. The molecule has 0 saturated carbocycles. The van der Waals surface area contributed by atoms with Gasteiger partial charge in [0.05, 0.1) is 0 Å². The Morgan fingerprint density at radius 1 is 0.571 bits per heavy atom. The van der Waals surface area contributed by atoms with E-state index in [0.717, 1.165) is 33.4 Å². The molecule has 0 bridgehead atoms. The van der Waals surface area contributed by atoms with E-state index >= 15 is 0 Å². The fourth-order valence-electron chi connectivity index (χ4n) is 3.25. The predicted octanol–water partition coefficient (Wildman–Crippen LogP) is 6.25. The van der Waals surface area contributed by atoms with E-state index in [1.54, 1.807) is 0 Å². The standard InChI is InChI=1S/C24H17BClO2/c26-23-13-19(17-7-3-1-4-8-17)11-20(14-23)22-12-21(15-24(16-22)28-25-27)18-9-5-2-6-10-18/h1-16,27H. The minimum atomic E-state index is 0.556. The molecule has 0 aliphatic heterocycles. The maximum atomic E-state index is 9.11. The molecule has 0 unspecified atom stereocenters. The van der Waals surface area contributed by atoms with Gasteiger partial charge in [-0.05, 0) is 69.8 Å². The van der Waals surface area contributed by atoms with Crippen molar-refractivity contribution in [3.63, 3.8) is 0 Å². The molecule has 0 aliphatic carbocycles. The second kappa shape index (κ2) is 8.34. The van der Waals surface area contributed by atoms with E-state index < -0.39 is 0 Å². The summed E-state index contributed by atoms with van der Waals surface area (Å²) in [5.74, 6) is 0.556. The number of benzene rings is 4. The van der Waals surface area contributed by atoms with Crippen molar-refractivity contribution in [3.8, 4) is 39.1 Å². The Balaban J connectivity index is 1.84. The first-order valence-electron chi connectivity index (χ1n) is 8.92. The highest BCUT2D eigenvalue weighted by Gasteiger charge is 2.09. The first kappa shape index (κ1) is 18.4. The highest BCUT2D eigenvalue weighted by molar-refractivity contribution is 6.31. The summed E-state index contributed by atoms with van der Waals surface area (Å²) in [5.41, 5.74) is 6.15. The highest BCUT2D eigenvalue weighted by Crippen LogP contribution is 2.35. The van der Waals surface area contributed by atoms with Gasteiger partial charge in [-0.2, -0.15) is 0 Å². The van der Waals surface area contributed by atoms with E-state index in [2.05, 4.69) is 24.3 Å². The van der Waals surface area contributed by atoms with Crippen LogP contribution in [0.15, 0.2) is 97.1 Å². The third-order valence-electron chi connectivity index (χ3n) is 4.54. The number of hydrogen-bond donors (Lipinski definition) is 1. The summed E-state index contributed by atoms with van der Waals surface area (Å²) >= 11 is 6.43. The molecule has 4 aromatic carbocycles. The molecule has 0 heterocycles. The van der Waals surface area contributed by atoms with Gasteiger partial charge in [0.2, 0.25) is 0 Å². The van der Waals surface area contributed by atoms with Gasteiger partial charge in [0.1, 0.15) is 5.75 Å². The van der Waals surface area contributed by atoms with Gasteiger partial charge in [0.15, 0.2) is 0 Å². The summed E-state index contributed by atoms with van der Waals surface area (Å²) < 4.78 is 5.27. The van der Waals surface area contributed by atoms with Gasteiger partial charge in [0, 0.05) is 5.02 Å². The van der Waals surface area contributed by atoms with Crippen LogP contribution in [0.4, 0.5) is 0 Å². The second-order valence-electron chi connectivity index (χ2n) is 6.43. The Hall–Kier alpha value is -3.01. The van der Waals surface area contributed by atoms with Crippen molar-refractivity contribution in [2.45, 2.75) is 0 Å². The van der Waals surface area contributed by atoms with Gasteiger partial charge in [-0.1, -0.05) is 72.3 Å². The van der Waals surface area contributed by atoms with Crippen molar-refractivity contribution < 1.29 is 9.68 Å². The molecule has 2 nitrogen and oxygen atoms in total. The third kappa shape index (κ3) is 4.11. The molecule has 28 heavy (non-hydrogen) atoms. The molecule has 1 radical (unpaired) electrons. The number of halogens is 1. The Morgan fingerprint density at radius 3 is 1.50 bits per heavy atom. The van der Waals surface area contributed by atoms with Crippen LogP contribution in [0.25, 0.3) is 33.4 Å². The van der Waals surface area contributed by atoms with Crippen molar-refractivity contribution in [1.29, 1.82) is 0 Å². The monoisotopic (exact) mass is 383 g/mol. The molecule has 0 spiro atoms. The zero-order valence-corrected chi connectivity index (χ0v) is 15.8. The predicted molar refractivity (Wildman–Crippen MR) is 116 cm³/mol. The van der Waals surface area contributed by atoms with Crippen LogP contribution in [0, 0.1) is 0 Å². The van der Waals surface area contributed by atoms with Gasteiger partial charge in [-0.3, -0.25) is 0 Å². The normalized spacial score (nSPS) is 10.5. The van der Waals surface area contributed by atoms with E-state index in [4.69, 9.17) is 21.3 Å². The summed E-state index contributed by atoms with van der Waals surface area (Å²) in [5, 5.41) is 9.78. The molecule has 1 N–H and O–H groups in total. The topological polar surface area (TPSA) is 29.5 Å². The smallest absolute Gasteiger partial charge is 0.537 e. The minimum absolute atomic E-state index is 0.556. The fraction of sp³-hybridized carbons (Fsp3) is 0. The maximum Gasteiger partial charge on any atom is 0.569 e. The van der Waals surface area contributed by atoms with Crippen molar-refractivity contribution in [2.24, 2.45) is 0 Å². The fourth-order valence-corrected chi connectivity index (χ4v) is 3.48. The molecule has 0 aliphatic rings. The zero-order chi connectivity index (χ0) is 19.3. The summed E-state index contributed by atoms with van der Waals surface area (Å²) in [6.07, 6.45) is 0. The molecule has 0 amide bonds. The van der Waals surface area contributed by atoms with Gasteiger partial charge in [-0.25, -0.2) is 0 Å². The minimum Gasteiger partial charge on any atom is -0.537 e. The molecular weight excluding hydrogens is 367 g/mol. The molecule has 0 saturated heterocycles. The van der Waals surface area contributed by atoms with Crippen LogP contribution < -0.4 is 4.65 Å². The van der Waals surface area contributed by atoms with E-state index in [1.165, 1.54) is 0 Å². The van der Waals surface area contributed by atoms with Crippen LogP contribution in [0.3, 0.4) is 0 Å². The van der Waals surface area contributed by atoms with Crippen LogP contribution >= 0.6 is 11.6 Å². The Morgan fingerprint density at radius 2 is 1.00 bits per heavy atom. The van der Waals surface area contributed by atoms with Crippen LogP contribution in [-0.4, -0.2) is 12.7 Å². The first-order chi connectivity index (χ1) is 13.7. The summed E-state index contributed by atoms with van der Waals surface area (Å²) in [4.78, 5) is 0. The molecule has 135 valence electrons. The van der Waals surface area contributed by atoms with Crippen molar-refractivity contribution in [2.75, 3.05) is 0 Å². The first-order valence-corrected chi connectivity index (χ1v) is 9.30. The molecule has 0 aromatic heterocycles. The summed E-state index contributed by atoms with van der Waals surface area (Å²) in [7, 11) is 0.696. The van der Waals surface area contributed by atoms with E-state index in [1.807, 2.05) is 72.8 Å². The van der Waals surface area contributed by atoms with Gasteiger partial charge in [-0.15, -0.1) is 0 Å². The molecule has 4 rings (SSSR count). The number of hydrogen-bond acceptors (Lipinski definition) is 2. The Labute approximate surface area is 170 Å². The van der Waals surface area contributed by atoms with E-state index in [9.17, 15) is 0 Å². The average molecular weight is 384 g/mol. The third-order valence-corrected chi connectivity index (χ3v) is 4.76.